The lowest BCUT2D eigenvalue weighted by Crippen LogP contribution is -2.32. The maximum absolute atomic E-state index is 12.7. The normalized spacial score (nSPS) is 46.0. The van der Waals surface area contributed by atoms with Crippen molar-refractivity contribution in [3.63, 3.8) is 0 Å². The number of rotatable bonds is 6. The van der Waals surface area contributed by atoms with Crippen molar-refractivity contribution < 1.29 is 10.2 Å². The van der Waals surface area contributed by atoms with Crippen molar-refractivity contribution in [2.75, 3.05) is 0 Å². The van der Waals surface area contributed by atoms with Crippen molar-refractivity contribution in [3.05, 3.63) is 57.6 Å². The summed E-state index contributed by atoms with van der Waals surface area (Å²) < 4.78 is 0. The molecule has 300 valence electrons. The quantitative estimate of drug-likeness (QED) is 0.309. The Morgan fingerprint density at radius 1 is 0.400 bits per heavy atom. The van der Waals surface area contributed by atoms with Crippen LogP contribution in [-0.2, 0) is 6.42 Å². The van der Waals surface area contributed by atoms with E-state index in [2.05, 4.69) is 107 Å². The molecule has 12 unspecified atom stereocenters. The number of benzene rings is 2. The lowest BCUT2D eigenvalue weighted by molar-refractivity contribution is 0.130. The fraction of sp³-hybridized carbons (Fsp3) is 0.774. The third kappa shape index (κ3) is 4.30. The molecule has 2 N–H and O–H groups in total. The van der Waals surface area contributed by atoms with E-state index in [1.54, 1.807) is 0 Å². The Balaban J connectivity index is 1.12. The molecule has 2 aromatic rings. The molecule has 2 nitrogen and oxygen atoms in total. The monoisotopic (exact) mass is 745 g/mol. The number of aromatic hydroxyl groups is 2. The van der Waals surface area contributed by atoms with Crippen LogP contribution in [0.15, 0.2) is 24.3 Å². The molecular weight excluding hydrogens is 669 g/mol. The molecule has 0 aromatic heterocycles. The predicted octanol–water partition coefficient (Wildman–Crippen LogP) is 14.4. The molecule has 0 saturated heterocycles. The van der Waals surface area contributed by atoms with Crippen molar-refractivity contribution >= 4 is 0 Å². The first-order valence-electron chi connectivity index (χ1n) is 23.2. The maximum Gasteiger partial charge on any atom is 0.122 e. The van der Waals surface area contributed by atoms with Gasteiger partial charge in [0.1, 0.15) is 11.5 Å². The van der Waals surface area contributed by atoms with E-state index in [0.717, 1.165) is 30.1 Å². The fourth-order valence-corrected chi connectivity index (χ4v) is 17.7. The lowest BCUT2D eigenvalue weighted by atomic mass is 9.62. The summed E-state index contributed by atoms with van der Waals surface area (Å²) in [5.74, 6) is 5.82. The molecule has 8 aliphatic rings. The van der Waals surface area contributed by atoms with Crippen molar-refractivity contribution in [2.24, 2.45) is 67.0 Å². The summed E-state index contributed by atoms with van der Waals surface area (Å²) in [4.78, 5) is 0. The van der Waals surface area contributed by atoms with Crippen LogP contribution in [0.3, 0.4) is 0 Å². The van der Waals surface area contributed by atoms with E-state index in [9.17, 15) is 10.2 Å². The van der Waals surface area contributed by atoms with Crippen molar-refractivity contribution in [1.82, 2.24) is 0 Å². The van der Waals surface area contributed by atoms with Crippen LogP contribution in [0.5, 0.6) is 11.5 Å². The van der Waals surface area contributed by atoms with Gasteiger partial charge in [-0.05, 0) is 208 Å². The first kappa shape index (κ1) is 37.3. The molecule has 12 atom stereocenters. The molecule has 2 aromatic carbocycles. The van der Waals surface area contributed by atoms with Crippen LogP contribution in [0.4, 0.5) is 0 Å². The van der Waals surface area contributed by atoms with Gasteiger partial charge in [0, 0.05) is 0 Å². The summed E-state index contributed by atoms with van der Waals surface area (Å²) in [5, 5.41) is 25.4. The highest BCUT2D eigenvalue weighted by Crippen LogP contribution is 2.76. The van der Waals surface area contributed by atoms with E-state index < -0.39 is 0 Å². The van der Waals surface area contributed by atoms with Crippen LogP contribution in [0.1, 0.15) is 217 Å². The van der Waals surface area contributed by atoms with E-state index in [4.69, 9.17) is 0 Å². The first-order chi connectivity index (χ1) is 25.5. The molecular formula is C53H76O2. The zero-order valence-corrected chi connectivity index (χ0v) is 37.0. The zero-order chi connectivity index (χ0) is 39.3. The summed E-state index contributed by atoms with van der Waals surface area (Å²) in [6.45, 7) is 30.5. The van der Waals surface area contributed by atoms with Crippen molar-refractivity contribution in [2.45, 2.75) is 190 Å². The van der Waals surface area contributed by atoms with Gasteiger partial charge in [-0.2, -0.15) is 0 Å². The number of fused-ring (bicyclic) bond motifs is 8. The first-order valence-corrected chi connectivity index (χ1v) is 23.2. The highest BCUT2D eigenvalue weighted by Gasteiger charge is 2.66. The van der Waals surface area contributed by atoms with Gasteiger partial charge < -0.3 is 10.2 Å². The average Bonchev–Trinajstić information content (AvgIpc) is 3.87. The molecule has 8 fully saturated rings. The third-order valence-corrected chi connectivity index (χ3v) is 23.5. The molecule has 2 heteroatoms. The summed E-state index contributed by atoms with van der Waals surface area (Å²) in [7, 11) is 0. The SMILES string of the molecule is CC1(C)C2CCC1(C)C(c1cc(Cc3cc(C4CC5CCC4(C)C5(C)C)c(O)c(C4CC5CCC4(C)C5(C)C)c3)cc(C3CC4CCC3(C)C4(C)C)c1O)C2. The summed E-state index contributed by atoms with van der Waals surface area (Å²) >= 11 is 0. The predicted molar refractivity (Wildman–Crippen MR) is 227 cm³/mol. The Hall–Kier alpha value is -1.96. The van der Waals surface area contributed by atoms with E-state index in [-0.39, 0.29) is 43.3 Å². The molecule has 8 aliphatic carbocycles. The van der Waals surface area contributed by atoms with Crippen LogP contribution in [-0.4, -0.2) is 10.2 Å². The zero-order valence-electron chi connectivity index (χ0n) is 37.0. The number of hydrogen-bond acceptors (Lipinski definition) is 2. The molecule has 8 saturated carbocycles. The van der Waals surface area contributed by atoms with Crippen LogP contribution in [0, 0.1) is 67.0 Å². The highest BCUT2D eigenvalue weighted by molar-refractivity contribution is 5.55. The Morgan fingerprint density at radius 3 is 0.782 bits per heavy atom. The van der Waals surface area contributed by atoms with Gasteiger partial charge in [0.05, 0.1) is 0 Å². The van der Waals surface area contributed by atoms with Gasteiger partial charge >= 0.3 is 0 Å². The van der Waals surface area contributed by atoms with Gasteiger partial charge in [-0.1, -0.05) is 107 Å². The minimum atomic E-state index is 0.204. The topological polar surface area (TPSA) is 40.5 Å². The van der Waals surface area contributed by atoms with Crippen LogP contribution in [0.2, 0.25) is 0 Å². The van der Waals surface area contributed by atoms with Gasteiger partial charge in [-0.3, -0.25) is 0 Å². The molecule has 0 heterocycles. The minimum absolute atomic E-state index is 0.204. The minimum Gasteiger partial charge on any atom is -0.507 e. The number of phenolic OH excluding ortho intramolecular Hbond substituents is 2. The smallest absolute Gasteiger partial charge is 0.122 e. The Morgan fingerprint density at radius 2 is 0.618 bits per heavy atom. The van der Waals surface area contributed by atoms with Crippen molar-refractivity contribution in [3.8, 4) is 11.5 Å². The molecule has 0 spiro atoms. The second-order valence-corrected chi connectivity index (χ2v) is 25.1. The summed E-state index contributed by atoms with van der Waals surface area (Å²) in [6.07, 6.45) is 16.1. The molecule has 0 amide bonds. The maximum atomic E-state index is 12.7. The van der Waals surface area contributed by atoms with E-state index in [0.29, 0.717) is 35.2 Å². The second kappa shape index (κ2) is 11.0. The molecule has 10 rings (SSSR count). The summed E-state index contributed by atoms with van der Waals surface area (Å²) in [6, 6.07) is 9.95. The number of phenols is 2. The van der Waals surface area contributed by atoms with Gasteiger partial charge in [-0.25, -0.2) is 0 Å². The molecule has 8 bridgehead atoms. The van der Waals surface area contributed by atoms with Crippen LogP contribution in [0.25, 0.3) is 0 Å². The van der Waals surface area contributed by atoms with Gasteiger partial charge in [0.15, 0.2) is 0 Å². The highest BCUT2D eigenvalue weighted by atomic mass is 16.3. The molecule has 0 aliphatic heterocycles. The number of hydrogen-bond donors (Lipinski definition) is 2. The van der Waals surface area contributed by atoms with Crippen molar-refractivity contribution in [1.29, 1.82) is 0 Å². The Kier molecular flexibility index (Phi) is 7.46. The van der Waals surface area contributed by atoms with Crippen LogP contribution >= 0.6 is 0 Å². The lowest BCUT2D eigenvalue weighted by Gasteiger charge is -2.42. The Labute approximate surface area is 335 Å². The standard InChI is InChI=1S/C53H76O2/c1-46(2)32-13-17-50(46,9)40(26-32)36-22-30(23-37(44(36)54)41-27-33-14-18-51(41,10)47(33,3)4)21-31-24-38(42-28-34-15-19-52(42,11)48(34,5)6)45(55)39(25-31)43-29-35-16-20-53(43,12)49(35,7)8/h22-25,32-35,40-43,54-55H,13-21,26-29H2,1-12H3. The molecule has 0 radical (unpaired) electrons. The van der Waals surface area contributed by atoms with E-state index >= 15 is 0 Å². The fourth-order valence-electron chi connectivity index (χ4n) is 17.7. The van der Waals surface area contributed by atoms with E-state index in [1.165, 1.54) is 110 Å². The van der Waals surface area contributed by atoms with E-state index in [1.807, 2.05) is 0 Å². The van der Waals surface area contributed by atoms with Gasteiger partial charge in [0.25, 0.3) is 0 Å². The van der Waals surface area contributed by atoms with Gasteiger partial charge in [-0.15, -0.1) is 0 Å². The average molecular weight is 745 g/mol. The molecule has 55 heavy (non-hydrogen) atoms. The largest absolute Gasteiger partial charge is 0.507 e. The Bertz CT molecular complexity index is 1690. The second-order valence-electron chi connectivity index (χ2n) is 25.1. The van der Waals surface area contributed by atoms with Crippen LogP contribution < -0.4 is 0 Å². The third-order valence-electron chi connectivity index (χ3n) is 23.5. The van der Waals surface area contributed by atoms with Gasteiger partial charge in [0.2, 0.25) is 0 Å². The summed E-state index contributed by atoms with van der Waals surface area (Å²) in [5.41, 5.74) is 9.79.